The first kappa shape index (κ1) is 23.0. The topological polar surface area (TPSA) is 99.0 Å². The van der Waals surface area contributed by atoms with Crippen LogP contribution in [0, 0.1) is 16.0 Å². The molecule has 2 aliphatic rings. The summed E-state index contributed by atoms with van der Waals surface area (Å²) < 4.78 is 0. The highest BCUT2D eigenvalue weighted by molar-refractivity contribution is 5.80. The lowest BCUT2D eigenvalue weighted by Gasteiger charge is -2.38. The fourth-order valence-electron chi connectivity index (χ4n) is 4.26. The van der Waals surface area contributed by atoms with Crippen molar-refractivity contribution in [2.75, 3.05) is 50.7 Å². The molecule has 2 aliphatic heterocycles. The van der Waals surface area contributed by atoms with Crippen molar-refractivity contribution in [1.29, 1.82) is 0 Å². The number of carbonyl (C=O) groups is 2. The van der Waals surface area contributed by atoms with Crippen LogP contribution < -0.4 is 10.2 Å². The van der Waals surface area contributed by atoms with Gasteiger partial charge >= 0.3 is 0 Å². The van der Waals surface area contributed by atoms with E-state index in [2.05, 4.69) is 10.2 Å². The zero-order chi connectivity index (χ0) is 22.4. The number of nitro benzene ring substituents is 1. The zero-order valence-corrected chi connectivity index (χ0v) is 18.5. The van der Waals surface area contributed by atoms with Crippen LogP contribution in [-0.4, -0.2) is 78.4 Å². The summed E-state index contributed by atoms with van der Waals surface area (Å²) in [5.74, 6) is 0.168. The molecule has 0 saturated carbocycles. The summed E-state index contributed by atoms with van der Waals surface area (Å²) in [6.07, 6.45) is 2.30. The highest BCUT2D eigenvalue weighted by Gasteiger charge is 2.32. The smallest absolute Gasteiger partial charge is 0.292 e. The Labute approximate surface area is 183 Å². The summed E-state index contributed by atoms with van der Waals surface area (Å²) >= 11 is 0. The summed E-state index contributed by atoms with van der Waals surface area (Å²) in [6.45, 7) is 8.37. The molecule has 2 fully saturated rings. The van der Waals surface area contributed by atoms with Crippen molar-refractivity contribution in [3.63, 3.8) is 0 Å². The first-order chi connectivity index (χ1) is 14.9. The van der Waals surface area contributed by atoms with Crippen molar-refractivity contribution in [1.82, 2.24) is 15.1 Å². The molecule has 31 heavy (non-hydrogen) atoms. The van der Waals surface area contributed by atoms with E-state index < -0.39 is 0 Å². The third-order valence-electron chi connectivity index (χ3n) is 6.33. The number of rotatable bonds is 7. The van der Waals surface area contributed by atoms with E-state index >= 15 is 0 Å². The summed E-state index contributed by atoms with van der Waals surface area (Å²) in [6, 6.07) is 6.96. The number of piperidine rings is 1. The largest absolute Gasteiger partial charge is 0.366 e. The Kier molecular flexibility index (Phi) is 7.84. The van der Waals surface area contributed by atoms with E-state index in [1.165, 1.54) is 6.07 Å². The van der Waals surface area contributed by atoms with E-state index in [1.54, 1.807) is 12.1 Å². The van der Waals surface area contributed by atoms with Gasteiger partial charge < -0.3 is 15.1 Å². The maximum Gasteiger partial charge on any atom is 0.292 e. The summed E-state index contributed by atoms with van der Waals surface area (Å²) in [5.41, 5.74) is 0.739. The van der Waals surface area contributed by atoms with Gasteiger partial charge in [-0.2, -0.15) is 0 Å². The number of piperazine rings is 1. The Morgan fingerprint density at radius 1 is 1.13 bits per heavy atom. The normalized spacial score (nSPS) is 19.2. The molecule has 1 unspecified atom stereocenters. The van der Waals surface area contributed by atoms with Crippen LogP contribution in [0.2, 0.25) is 0 Å². The molecule has 0 aliphatic carbocycles. The van der Waals surface area contributed by atoms with Gasteiger partial charge in [-0.1, -0.05) is 19.1 Å². The van der Waals surface area contributed by atoms with Crippen molar-refractivity contribution >= 4 is 23.2 Å². The van der Waals surface area contributed by atoms with Crippen LogP contribution in [0.15, 0.2) is 24.3 Å². The third-order valence-corrected chi connectivity index (χ3v) is 6.33. The predicted octanol–water partition coefficient (Wildman–Crippen LogP) is 1.87. The number of anilines is 1. The predicted molar refractivity (Wildman–Crippen MR) is 119 cm³/mol. The Morgan fingerprint density at radius 3 is 2.39 bits per heavy atom. The molecule has 1 aromatic carbocycles. The van der Waals surface area contributed by atoms with Crippen molar-refractivity contribution in [2.45, 2.75) is 39.2 Å². The molecule has 170 valence electrons. The Balaban J connectivity index is 1.46. The number of nitrogens with one attached hydrogen (secondary N) is 1. The van der Waals surface area contributed by atoms with E-state index in [-0.39, 0.29) is 34.4 Å². The summed E-state index contributed by atoms with van der Waals surface area (Å²) in [4.78, 5) is 42.0. The van der Waals surface area contributed by atoms with Crippen molar-refractivity contribution < 1.29 is 14.5 Å². The van der Waals surface area contributed by atoms with E-state index in [1.807, 2.05) is 29.7 Å². The van der Waals surface area contributed by atoms with Crippen LogP contribution in [0.3, 0.4) is 0 Å². The van der Waals surface area contributed by atoms with Gasteiger partial charge in [0.25, 0.3) is 5.69 Å². The number of hydrogen-bond donors (Lipinski definition) is 1. The molecule has 2 saturated heterocycles. The Bertz CT molecular complexity index is 786. The Hall–Kier alpha value is -2.68. The van der Waals surface area contributed by atoms with E-state index in [9.17, 15) is 19.7 Å². The van der Waals surface area contributed by atoms with Gasteiger partial charge in [-0.3, -0.25) is 24.6 Å². The molecule has 9 nitrogen and oxygen atoms in total. The first-order valence-electron chi connectivity index (χ1n) is 11.2. The maximum absolute atomic E-state index is 13.0. The molecule has 0 bridgehead atoms. The fraction of sp³-hybridized carbons (Fsp3) is 0.636. The number of carbonyl (C=O) groups excluding carboxylic acids is 2. The van der Waals surface area contributed by atoms with Gasteiger partial charge in [-0.15, -0.1) is 0 Å². The quantitative estimate of drug-likeness (QED) is 0.523. The first-order valence-corrected chi connectivity index (χ1v) is 11.2. The number of nitrogens with zero attached hydrogens (tertiary/aromatic N) is 4. The van der Waals surface area contributed by atoms with Crippen molar-refractivity contribution in [2.24, 2.45) is 5.92 Å². The molecule has 9 heteroatoms. The monoisotopic (exact) mass is 431 g/mol. The lowest BCUT2D eigenvalue weighted by Crippen LogP contribution is -2.53. The standard InChI is InChI=1S/C22H33N5O4/c1-3-17(2)23-21(28)16-24-12-14-26(15-13-24)22(29)18-8-10-25(11-9-18)19-6-4-5-7-20(19)27(30)31/h4-7,17-18H,3,8-16H2,1-2H3,(H,23,28). The van der Waals surface area contributed by atoms with Crippen LogP contribution in [0.1, 0.15) is 33.1 Å². The molecule has 1 aromatic rings. The third kappa shape index (κ3) is 5.94. The molecular formula is C22H33N5O4. The second kappa shape index (κ2) is 10.6. The summed E-state index contributed by atoms with van der Waals surface area (Å²) in [7, 11) is 0. The molecule has 0 spiro atoms. The number of benzene rings is 1. The molecule has 0 radical (unpaired) electrons. The second-order valence-electron chi connectivity index (χ2n) is 8.49. The van der Waals surface area contributed by atoms with Gasteiger partial charge in [0.15, 0.2) is 0 Å². The minimum Gasteiger partial charge on any atom is -0.366 e. The van der Waals surface area contributed by atoms with Crippen LogP contribution in [0.4, 0.5) is 11.4 Å². The van der Waals surface area contributed by atoms with Gasteiger partial charge in [0.2, 0.25) is 11.8 Å². The lowest BCUT2D eigenvalue weighted by atomic mass is 9.94. The molecule has 1 N–H and O–H groups in total. The molecular weight excluding hydrogens is 398 g/mol. The molecule has 2 heterocycles. The lowest BCUT2D eigenvalue weighted by molar-refractivity contribution is -0.384. The van der Waals surface area contributed by atoms with Gasteiger partial charge in [-0.05, 0) is 32.3 Å². The zero-order valence-electron chi connectivity index (χ0n) is 18.5. The van der Waals surface area contributed by atoms with Gasteiger partial charge in [0, 0.05) is 57.3 Å². The van der Waals surface area contributed by atoms with E-state index in [0.29, 0.717) is 64.3 Å². The van der Waals surface area contributed by atoms with Gasteiger partial charge in [-0.25, -0.2) is 0 Å². The SMILES string of the molecule is CCC(C)NC(=O)CN1CCN(C(=O)C2CCN(c3ccccc3[N+](=O)[O-])CC2)CC1. The molecule has 1 atom stereocenters. The Morgan fingerprint density at radius 2 is 1.77 bits per heavy atom. The van der Waals surface area contributed by atoms with Crippen LogP contribution in [-0.2, 0) is 9.59 Å². The highest BCUT2D eigenvalue weighted by atomic mass is 16.6. The van der Waals surface area contributed by atoms with E-state index in [0.717, 1.165) is 6.42 Å². The molecule has 0 aromatic heterocycles. The number of hydrogen-bond acceptors (Lipinski definition) is 6. The minimum atomic E-state index is -0.352. The fourth-order valence-corrected chi connectivity index (χ4v) is 4.26. The van der Waals surface area contributed by atoms with Crippen molar-refractivity contribution in [3.05, 3.63) is 34.4 Å². The minimum absolute atomic E-state index is 0.0384. The number of para-hydroxylation sites is 2. The van der Waals surface area contributed by atoms with E-state index in [4.69, 9.17) is 0 Å². The van der Waals surface area contributed by atoms with Crippen LogP contribution in [0.5, 0.6) is 0 Å². The van der Waals surface area contributed by atoms with Crippen LogP contribution >= 0.6 is 0 Å². The van der Waals surface area contributed by atoms with Crippen molar-refractivity contribution in [3.8, 4) is 0 Å². The van der Waals surface area contributed by atoms with Crippen LogP contribution in [0.25, 0.3) is 0 Å². The highest BCUT2D eigenvalue weighted by Crippen LogP contribution is 2.31. The van der Waals surface area contributed by atoms with Gasteiger partial charge in [0.1, 0.15) is 5.69 Å². The number of amides is 2. The maximum atomic E-state index is 13.0. The average molecular weight is 432 g/mol. The van der Waals surface area contributed by atoms with Gasteiger partial charge in [0.05, 0.1) is 11.5 Å². The average Bonchev–Trinajstić information content (AvgIpc) is 2.79. The summed E-state index contributed by atoms with van der Waals surface area (Å²) in [5, 5.41) is 14.3. The number of nitro groups is 1. The second-order valence-corrected chi connectivity index (χ2v) is 8.49. The molecule has 2 amide bonds. The molecule has 3 rings (SSSR count).